The molecule has 2 unspecified atom stereocenters. The van der Waals surface area contributed by atoms with Gasteiger partial charge in [0.25, 0.3) is 10.1 Å². The zero-order valence-corrected chi connectivity index (χ0v) is 24.6. The van der Waals surface area contributed by atoms with Crippen LogP contribution in [0.3, 0.4) is 0 Å². The van der Waals surface area contributed by atoms with E-state index in [1.165, 1.54) is 12.1 Å². The summed E-state index contributed by atoms with van der Waals surface area (Å²) in [7, 11) is -4.34. The summed E-state index contributed by atoms with van der Waals surface area (Å²) >= 11 is 0. The van der Waals surface area contributed by atoms with Gasteiger partial charge in [0.2, 0.25) is 0 Å². The molecular weight excluding hydrogens is 566 g/mol. The zero-order chi connectivity index (χ0) is 29.8. The van der Waals surface area contributed by atoms with Gasteiger partial charge in [-0.1, -0.05) is 31.2 Å². The molecule has 2 atom stereocenters. The van der Waals surface area contributed by atoms with E-state index >= 15 is 0 Å². The lowest BCUT2D eigenvalue weighted by molar-refractivity contribution is -0.120. The quantitative estimate of drug-likeness (QED) is 0.251. The Bertz CT molecular complexity index is 1940. The minimum Gasteiger partial charge on any atom is -0.493 e. The number of ether oxygens (including phenoxy) is 2. The third-order valence-corrected chi connectivity index (χ3v) is 9.28. The average Bonchev–Trinajstić information content (AvgIpc) is 3.41. The number of imidazole rings is 1. The monoisotopic (exact) mass is 599 g/mol. The summed E-state index contributed by atoms with van der Waals surface area (Å²) in [5.74, 6) is 1.50. The molecule has 43 heavy (non-hydrogen) atoms. The first-order chi connectivity index (χ1) is 20.7. The van der Waals surface area contributed by atoms with Crippen molar-refractivity contribution in [1.29, 1.82) is 0 Å². The Morgan fingerprint density at radius 1 is 1.09 bits per heavy atom. The highest BCUT2D eigenvalue weighted by Gasteiger charge is 2.34. The van der Waals surface area contributed by atoms with Gasteiger partial charge in [-0.25, -0.2) is 9.97 Å². The van der Waals surface area contributed by atoms with Crippen LogP contribution in [0.5, 0.6) is 5.75 Å². The summed E-state index contributed by atoms with van der Waals surface area (Å²) in [6.07, 6.45) is 3.19. The normalized spacial score (nSPS) is 20.3. The lowest BCUT2D eigenvalue weighted by atomic mass is 9.90. The van der Waals surface area contributed by atoms with E-state index in [9.17, 15) is 13.0 Å². The molecule has 11 heteroatoms. The van der Waals surface area contributed by atoms with Crippen molar-refractivity contribution in [3.63, 3.8) is 0 Å². The van der Waals surface area contributed by atoms with Gasteiger partial charge in [0.15, 0.2) is 0 Å². The van der Waals surface area contributed by atoms with E-state index in [4.69, 9.17) is 20.2 Å². The van der Waals surface area contributed by atoms with Crippen LogP contribution in [0.15, 0.2) is 84.0 Å². The van der Waals surface area contributed by atoms with Crippen LogP contribution in [0.2, 0.25) is 0 Å². The molecule has 222 valence electrons. The molecule has 2 saturated heterocycles. The maximum atomic E-state index is 11.9. The highest BCUT2D eigenvalue weighted by molar-refractivity contribution is 7.85. The van der Waals surface area contributed by atoms with Crippen molar-refractivity contribution < 1.29 is 22.4 Å². The summed E-state index contributed by atoms with van der Waals surface area (Å²) in [6, 6.07) is 22.2. The van der Waals surface area contributed by atoms with Crippen LogP contribution in [0, 0.1) is 5.41 Å². The Morgan fingerprint density at radius 3 is 2.72 bits per heavy atom. The lowest BCUT2D eigenvalue weighted by Gasteiger charge is -2.40. The van der Waals surface area contributed by atoms with Gasteiger partial charge in [0.05, 0.1) is 53.0 Å². The van der Waals surface area contributed by atoms with Crippen LogP contribution >= 0.6 is 0 Å². The fourth-order valence-electron chi connectivity index (χ4n) is 6.02. The molecule has 3 aromatic carbocycles. The highest BCUT2D eigenvalue weighted by Crippen LogP contribution is 2.39. The zero-order valence-electron chi connectivity index (χ0n) is 23.8. The van der Waals surface area contributed by atoms with E-state index in [0.29, 0.717) is 32.8 Å². The third kappa shape index (κ3) is 5.33. The Morgan fingerprint density at radius 2 is 1.93 bits per heavy atom. The molecule has 2 aromatic heterocycles. The minimum atomic E-state index is -4.34. The van der Waals surface area contributed by atoms with Gasteiger partial charge in [0, 0.05) is 29.5 Å². The molecule has 2 fully saturated rings. The van der Waals surface area contributed by atoms with Gasteiger partial charge in [0.1, 0.15) is 17.9 Å². The summed E-state index contributed by atoms with van der Waals surface area (Å²) in [6.45, 7) is 4.84. The molecule has 2 aliphatic rings. The summed E-state index contributed by atoms with van der Waals surface area (Å²) in [4.78, 5) is 11.9. The first-order valence-electron chi connectivity index (χ1n) is 14.3. The Labute approximate surface area is 249 Å². The SMILES string of the molecule is CC1(COc2ccc3c(c2)ncn3-c2ccc3cccc(N4CCC(N)CC4c4cccc(S(=O)(=O)O)c4)c3n2)COC1. The second-order valence-electron chi connectivity index (χ2n) is 11.9. The molecule has 0 spiro atoms. The Hall–Kier alpha value is -4.03. The van der Waals surface area contributed by atoms with E-state index in [1.54, 1.807) is 12.4 Å². The van der Waals surface area contributed by atoms with E-state index in [-0.39, 0.29) is 22.4 Å². The van der Waals surface area contributed by atoms with Crippen LogP contribution in [-0.4, -0.2) is 59.9 Å². The molecule has 0 radical (unpaired) electrons. The predicted molar refractivity (Wildman–Crippen MR) is 164 cm³/mol. The Kier molecular flexibility index (Phi) is 6.85. The number of pyridine rings is 1. The first kappa shape index (κ1) is 27.8. The second kappa shape index (κ2) is 10.6. The predicted octanol–water partition coefficient (Wildman–Crippen LogP) is 4.90. The van der Waals surface area contributed by atoms with Crippen LogP contribution < -0.4 is 15.4 Å². The smallest absolute Gasteiger partial charge is 0.294 e. The van der Waals surface area contributed by atoms with E-state index in [2.05, 4.69) is 22.9 Å². The summed E-state index contributed by atoms with van der Waals surface area (Å²) in [5.41, 5.74) is 10.7. The molecule has 3 N–H and O–H groups in total. The number of para-hydroxylation sites is 1. The molecule has 4 heterocycles. The maximum Gasteiger partial charge on any atom is 0.294 e. The first-order valence-corrected chi connectivity index (χ1v) is 15.8. The summed E-state index contributed by atoms with van der Waals surface area (Å²) in [5, 5.41) is 0.982. The number of piperidine rings is 1. The summed E-state index contributed by atoms with van der Waals surface area (Å²) < 4.78 is 46.8. The van der Waals surface area contributed by atoms with Gasteiger partial charge in [-0.05, 0) is 60.9 Å². The van der Waals surface area contributed by atoms with Crippen molar-refractivity contribution in [3.05, 3.63) is 84.7 Å². The highest BCUT2D eigenvalue weighted by atomic mass is 32.2. The molecule has 5 aromatic rings. The Balaban J connectivity index is 1.25. The topological polar surface area (TPSA) is 133 Å². The van der Waals surface area contributed by atoms with Crippen LogP contribution in [0.1, 0.15) is 31.4 Å². The van der Waals surface area contributed by atoms with Gasteiger partial charge >= 0.3 is 0 Å². The number of nitrogens with zero attached hydrogens (tertiary/aromatic N) is 4. The van der Waals surface area contributed by atoms with Crippen molar-refractivity contribution in [2.24, 2.45) is 11.1 Å². The molecule has 0 bridgehead atoms. The third-order valence-electron chi connectivity index (χ3n) is 8.43. The maximum absolute atomic E-state index is 11.9. The van der Waals surface area contributed by atoms with E-state index in [0.717, 1.165) is 51.2 Å². The average molecular weight is 600 g/mol. The standard InChI is InChI=1S/C32H33N5O5S/c1-32(17-41-18-32)19-42-24-9-10-27-26(16-24)34-20-37(27)30-11-8-21-4-3-7-28(31(21)35-30)36-13-12-23(33)15-29(36)22-5-2-6-25(14-22)43(38,39)40/h2-11,14,16,20,23,29H,12-13,15,17-19,33H2,1H3,(H,38,39,40). The number of benzene rings is 3. The molecule has 0 aliphatic carbocycles. The van der Waals surface area contributed by atoms with Crippen molar-refractivity contribution >= 4 is 37.7 Å². The number of anilines is 1. The minimum absolute atomic E-state index is 0.0368. The van der Waals surface area contributed by atoms with Crippen molar-refractivity contribution in [2.75, 3.05) is 31.3 Å². The van der Waals surface area contributed by atoms with Crippen molar-refractivity contribution in [1.82, 2.24) is 14.5 Å². The molecule has 10 nitrogen and oxygen atoms in total. The number of aromatic nitrogens is 3. The van der Waals surface area contributed by atoms with Gasteiger partial charge in [-0.15, -0.1) is 0 Å². The molecule has 0 amide bonds. The van der Waals surface area contributed by atoms with Gasteiger partial charge in [-0.3, -0.25) is 9.12 Å². The van der Waals surface area contributed by atoms with E-state index < -0.39 is 10.1 Å². The number of hydrogen-bond donors (Lipinski definition) is 2. The second-order valence-corrected chi connectivity index (χ2v) is 13.3. The largest absolute Gasteiger partial charge is 0.493 e. The molecule has 0 saturated carbocycles. The number of rotatable bonds is 7. The van der Waals surface area contributed by atoms with Crippen LogP contribution in [0.4, 0.5) is 5.69 Å². The van der Waals surface area contributed by atoms with Gasteiger partial charge in [-0.2, -0.15) is 8.42 Å². The number of nitrogens with two attached hydrogens (primary N) is 1. The molecule has 2 aliphatic heterocycles. The molecular formula is C32H33N5O5S. The van der Waals surface area contributed by atoms with Crippen molar-refractivity contribution in [2.45, 2.75) is 36.7 Å². The van der Waals surface area contributed by atoms with Crippen LogP contribution in [-0.2, 0) is 14.9 Å². The lowest BCUT2D eigenvalue weighted by Crippen LogP contribution is -2.44. The number of hydrogen-bond acceptors (Lipinski definition) is 8. The van der Waals surface area contributed by atoms with Gasteiger partial charge < -0.3 is 20.1 Å². The van der Waals surface area contributed by atoms with Crippen LogP contribution in [0.25, 0.3) is 27.8 Å². The fraction of sp³-hybridized carbons (Fsp3) is 0.312. The molecule has 7 rings (SSSR count). The van der Waals surface area contributed by atoms with E-state index in [1.807, 2.05) is 53.1 Å². The number of fused-ring (bicyclic) bond motifs is 2. The fourth-order valence-corrected chi connectivity index (χ4v) is 6.56. The van der Waals surface area contributed by atoms with Crippen molar-refractivity contribution in [3.8, 4) is 11.6 Å².